The lowest BCUT2D eigenvalue weighted by atomic mass is 10.2. The predicted molar refractivity (Wildman–Crippen MR) is 93.4 cm³/mol. The van der Waals surface area contributed by atoms with Gasteiger partial charge in [0, 0.05) is 27.4 Å². The van der Waals surface area contributed by atoms with Gasteiger partial charge in [-0.25, -0.2) is 0 Å². The second kappa shape index (κ2) is 7.16. The van der Waals surface area contributed by atoms with Crippen molar-refractivity contribution in [3.63, 3.8) is 0 Å². The number of ether oxygens (including phenoxy) is 1. The summed E-state index contributed by atoms with van der Waals surface area (Å²) in [6, 6.07) is 14.4. The van der Waals surface area contributed by atoms with Crippen LogP contribution in [0.15, 0.2) is 48.5 Å². The fraction of sp³-hybridized carbons (Fsp3) is 0.167. The van der Waals surface area contributed by atoms with Gasteiger partial charge in [0.15, 0.2) is 0 Å². The minimum atomic E-state index is -0.252. The maximum absolute atomic E-state index is 11.4. The van der Waals surface area contributed by atoms with Crippen LogP contribution in [0.1, 0.15) is 16.8 Å². The largest absolute Gasteiger partial charge is 0.489 e. The van der Waals surface area contributed by atoms with Gasteiger partial charge in [-0.2, -0.15) is 0 Å². The van der Waals surface area contributed by atoms with E-state index < -0.39 is 0 Å². The molecule has 0 saturated heterocycles. The zero-order valence-corrected chi connectivity index (χ0v) is 14.5. The van der Waals surface area contributed by atoms with Crippen LogP contribution in [0, 0.1) is 6.92 Å². The van der Waals surface area contributed by atoms with Gasteiger partial charge < -0.3 is 4.74 Å². The molecule has 0 bridgehead atoms. The molecule has 0 amide bonds. The molecule has 1 aromatic heterocycles. The van der Waals surface area contributed by atoms with Crippen molar-refractivity contribution in [2.45, 2.75) is 20.1 Å². The number of halogens is 2. The minimum Gasteiger partial charge on any atom is -0.489 e. The smallest absolute Gasteiger partial charge is 0.288 e. The van der Waals surface area contributed by atoms with Crippen LogP contribution in [-0.2, 0) is 18.3 Å². The summed E-state index contributed by atoms with van der Waals surface area (Å²) in [6.07, 6.45) is 0. The highest BCUT2D eigenvalue weighted by atomic mass is 35.5. The van der Waals surface area contributed by atoms with Crippen LogP contribution >= 0.6 is 23.2 Å². The van der Waals surface area contributed by atoms with Gasteiger partial charge in [0.05, 0.1) is 6.54 Å². The molecule has 0 N–H and O–H groups in total. The van der Waals surface area contributed by atoms with E-state index in [0.717, 1.165) is 16.8 Å². The van der Waals surface area contributed by atoms with Crippen LogP contribution in [0.25, 0.3) is 0 Å². The fourth-order valence-electron chi connectivity index (χ4n) is 2.36. The molecule has 0 saturated carbocycles. The van der Waals surface area contributed by atoms with E-state index in [9.17, 15) is 5.11 Å². The first-order valence-electron chi connectivity index (χ1n) is 7.38. The third kappa shape index (κ3) is 4.02. The molecule has 24 heavy (non-hydrogen) atoms. The topological polar surface area (TPSA) is 47.0 Å². The molecule has 1 heterocycles. The number of hydrogen-bond donors (Lipinski definition) is 0. The summed E-state index contributed by atoms with van der Waals surface area (Å²) in [7, 11) is 0. The SMILES string of the molecule is Cc1cc([O])nn1Cc1cc(Cl)ccc1OCc1ccc(Cl)cc1. The summed E-state index contributed by atoms with van der Waals surface area (Å²) >= 11 is 12.0. The molecule has 3 rings (SSSR count). The molecule has 1 radical (unpaired) electrons. The van der Waals surface area contributed by atoms with Crippen molar-refractivity contribution in [3.05, 3.63) is 75.4 Å². The van der Waals surface area contributed by atoms with Crippen LogP contribution in [0.2, 0.25) is 10.0 Å². The molecule has 0 aliphatic rings. The standard InChI is InChI=1S/C18H15Cl2N2O2/c1-12-8-18(23)21-22(12)10-14-9-16(20)6-7-17(14)24-11-13-2-4-15(19)5-3-13/h2-9H,10-11H2,1H3. The monoisotopic (exact) mass is 361 g/mol. The Labute approximate surface area is 150 Å². The van der Waals surface area contributed by atoms with Gasteiger partial charge in [0.2, 0.25) is 0 Å². The Hall–Kier alpha value is -2.17. The van der Waals surface area contributed by atoms with Gasteiger partial charge in [-0.15, -0.1) is 5.10 Å². The lowest BCUT2D eigenvalue weighted by Gasteiger charge is -2.13. The first kappa shape index (κ1) is 16.7. The Kier molecular flexibility index (Phi) is 4.97. The van der Waals surface area contributed by atoms with Crippen molar-refractivity contribution in [2.24, 2.45) is 0 Å². The number of aryl methyl sites for hydroxylation is 1. The van der Waals surface area contributed by atoms with Gasteiger partial charge in [0.25, 0.3) is 5.88 Å². The van der Waals surface area contributed by atoms with Crippen molar-refractivity contribution >= 4 is 23.2 Å². The Bertz CT molecular complexity index is 845. The van der Waals surface area contributed by atoms with Gasteiger partial charge in [-0.1, -0.05) is 35.3 Å². The average molecular weight is 362 g/mol. The van der Waals surface area contributed by atoms with Crippen LogP contribution < -0.4 is 4.74 Å². The van der Waals surface area contributed by atoms with E-state index >= 15 is 0 Å². The van der Waals surface area contributed by atoms with Crippen LogP contribution in [0.3, 0.4) is 0 Å². The Morgan fingerprint density at radius 1 is 1.04 bits per heavy atom. The number of benzene rings is 2. The highest BCUT2D eigenvalue weighted by Crippen LogP contribution is 2.26. The van der Waals surface area contributed by atoms with E-state index in [1.165, 1.54) is 6.07 Å². The molecule has 3 aromatic rings. The first-order chi connectivity index (χ1) is 11.5. The van der Waals surface area contributed by atoms with Gasteiger partial charge in [-0.3, -0.25) is 9.79 Å². The molecular formula is C18H15Cl2N2O2. The van der Waals surface area contributed by atoms with E-state index in [2.05, 4.69) is 5.10 Å². The second-order valence-corrected chi connectivity index (χ2v) is 6.32. The summed E-state index contributed by atoms with van der Waals surface area (Å²) < 4.78 is 7.56. The van der Waals surface area contributed by atoms with E-state index in [1.54, 1.807) is 10.7 Å². The van der Waals surface area contributed by atoms with Crippen molar-refractivity contribution in [2.75, 3.05) is 0 Å². The molecular weight excluding hydrogens is 347 g/mol. The summed E-state index contributed by atoms with van der Waals surface area (Å²) in [5, 5.41) is 16.6. The molecule has 0 fully saturated rings. The molecule has 4 nitrogen and oxygen atoms in total. The van der Waals surface area contributed by atoms with Crippen LogP contribution in [0.5, 0.6) is 11.6 Å². The molecule has 0 aliphatic carbocycles. The highest BCUT2D eigenvalue weighted by Gasteiger charge is 2.10. The normalized spacial score (nSPS) is 10.8. The zero-order valence-electron chi connectivity index (χ0n) is 13.0. The van der Waals surface area contributed by atoms with Crippen molar-refractivity contribution < 1.29 is 9.84 Å². The molecule has 0 spiro atoms. The van der Waals surface area contributed by atoms with E-state index in [0.29, 0.717) is 28.9 Å². The number of aromatic nitrogens is 2. The zero-order chi connectivity index (χ0) is 17.1. The summed E-state index contributed by atoms with van der Waals surface area (Å²) in [5.41, 5.74) is 2.67. The third-order valence-corrected chi connectivity index (χ3v) is 4.10. The highest BCUT2D eigenvalue weighted by molar-refractivity contribution is 6.30. The van der Waals surface area contributed by atoms with Crippen LogP contribution in [-0.4, -0.2) is 9.78 Å². The van der Waals surface area contributed by atoms with Gasteiger partial charge in [-0.05, 0) is 42.8 Å². The maximum Gasteiger partial charge on any atom is 0.288 e. The second-order valence-electron chi connectivity index (χ2n) is 5.45. The molecule has 0 atom stereocenters. The average Bonchev–Trinajstić information content (AvgIpc) is 2.86. The van der Waals surface area contributed by atoms with Crippen molar-refractivity contribution in [1.82, 2.24) is 9.78 Å². The minimum absolute atomic E-state index is 0.252. The summed E-state index contributed by atoms with van der Waals surface area (Å²) in [6.45, 7) is 2.68. The molecule has 0 unspecified atom stereocenters. The fourth-order valence-corrected chi connectivity index (χ4v) is 2.68. The Morgan fingerprint density at radius 3 is 2.42 bits per heavy atom. The van der Waals surface area contributed by atoms with Crippen molar-refractivity contribution in [3.8, 4) is 11.6 Å². The molecule has 0 aliphatic heterocycles. The van der Waals surface area contributed by atoms with Gasteiger partial charge >= 0.3 is 0 Å². The maximum atomic E-state index is 11.4. The lowest BCUT2D eigenvalue weighted by Crippen LogP contribution is -2.06. The quantitative estimate of drug-likeness (QED) is 0.621. The summed E-state index contributed by atoms with van der Waals surface area (Å²) in [4.78, 5) is 0. The first-order valence-corrected chi connectivity index (χ1v) is 8.14. The molecule has 2 aromatic carbocycles. The number of rotatable bonds is 5. The number of nitrogens with zero attached hydrogens (tertiary/aromatic N) is 2. The Balaban J connectivity index is 1.80. The van der Waals surface area contributed by atoms with Gasteiger partial charge in [0.1, 0.15) is 12.4 Å². The van der Waals surface area contributed by atoms with E-state index in [1.807, 2.05) is 43.3 Å². The predicted octanol–water partition coefficient (Wildman–Crippen LogP) is 5.27. The third-order valence-electron chi connectivity index (χ3n) is 3.61. The van der Waals surface area contributed by atoms with Crippen molar-refractivity contribution in [1.29, 1.82) is 0 Å². The van der Waals surface area contributed by atoms with Crippen LogP contribution in [0.4, 0.5) is 0 Å². The molecule has 6 heteroatoms. The lowest BCUT2D eigenvalue weighted by molar-refractivity contribution is 0.301. The Morgan fingerprint density at radius 2 is 1.75 bits per heavy atom. The van der Waals surface area contributed by atoms with E-state index in [-0.39, 0.29) is 5.88 Å². The summed E-state index contributed by atoms with van der Waals surface area (Å²) in [5.74, 6) is 0.454. The van der Waals surface area contributed by atoms with E-state index in [4.69, 9.17) is 27.9 Å². The number of hydrogen-bond acceptors (Lipinski definition) is 2. The molecule has 123 valence electrons.